The van der Waals surface area contributed by atoms with Crippen molar-refractivity contribution in [1.29, 1.82) is 0 Å². The van der Waals surface area contributed by atoms with Gasteiger partial charge in [-0.05, 0) is 26.2 Å². The smallest absolute Gasteiger partial charge is 0.341 e. The highest BCUT2D eigenvalue weighted by Gasteiger charge is 2.29. The van der Waals surface area contributed by atoms with Gasteiger partial charge < -0.3 is 4.74 Å². The fourth-order valence-electron chi connectivity index (χ4n) is 1.97. The maximum atomic E-state index is 12.3. The Morgan fingerprint density at radius 1 is 1.50 bits per heavy atom. The van der Waals surface area contributed by atoms with Gasteiger partial charge in [-0.2, -0.15) is 5.10 Å². The lowest BCUT2D eigenvalue weighted by atomic mass is 9.87. The molecule has 1 aromatic rings. The highest BCUT2D eigenvalue weighted by Crippen LogP contribution is 2.26. The zero-order chi connectivity index (χ0) is 15.5. The molecule has 4 nitrogen and oxygen atoms in total. The van der Waals surface area contributed by atoms with Gasteiger partial charge in [0.05, 0.1) is 11.9 Å². The van der Waals surface area contributed by atoms with Gasteiger partial charge in [-0.15, -0.1) is 12.3 Å². The Morgan fingerprint density at radius 2 is 2.10 bits per heavy atom. The van der Waals surface area contributed by atoms with Crippen LogP contribution in [0.2, 0.25) is 0 Å². The first-order valence-corrected chi connectivity index (χ1v) is 6.87. The molecule has 1 rings (SSSR count). The van der Waals surface area contributed by atoms with Gasteiger partial charge in [0.2, 0.25) is 0 Å². The number of aromatic nitrogens is 2. The second-order valence-electron chi connectivity index (χ2n) is 6.35. The van der Waals surface area contributed by atoms with Crippen LogP contribution < -0.4 is 0 Å². The zero-order valence-electron chi connectivity index (χ0n) is 13.2. The molecule has 0 N–H and O–H groups in total. The summed E-state index contributed by atoms with van der Waals surface area (Å²) in [6.07, 6.45) is 7.02. The van der Waals surface area contributed by atoms with Gasteiger partial charge in [0.25, 0.3) is 0 Å². The number of terminal acetylenes is 1. The molecule has 20 heavy (non-hydrogen) atoms. The maximum Gasteiger partial charge on any atom is 0.341 e. The minimum absolute atomic E-state index is 0.190. The summed E-state index contributed by atoms with van der Waals surface area (Å²) < 4.78 is 7.39. The van der Waals surface area contributed by atoms with Gasteiger partial charge in [0.15, 0.2) is 0 Å². The summed E-state index contributed by atoms with van der Waals surface area (Å²) >= 11 is 0. The van der Waals surface area contributed by atoms with Gasteiger partial charge in [0.1, 0.15) is 11.7 Å². The topological polar surface area (TPSA) is 44.1 Å². The van der Waals surface area contributed by atoms with Crippen LogP contribution in [-0.2, 0) is 4.74 Å². The highest BCUT2D eigenvalue weighted by atomic mass is 16.5. The van der Waals surface area contributed by atoms with Crippen LogP contribution in [0.25, 0.3) is 0 Å². The van der Waals surface area contributed by atoms with Gasteiger partial charge in [-0.25, -0.2) is 4.79 Å². The van der Waals surface area contributed by atoms with Crippen LogP contribution in [0, 0.1) is 24.7 Å². The molecule has 0 fully saturated rings. The van der Waals surface area contributed by atoms with Crippen LogP contribution in [0.4, 0.5) is 0 Å². The summed E-state index contributed by atoms with van der Waals surface area (Å²) in [7, 11) is 0. The van der Waals surface area contributed by atoms with Crippen molar-refractivity contribution in [2.24, 2.45) is 5.41 Å². The zero-order valence-corrected chi connectivity index (χ0v) is 13.2. The van der Waals surface area contributed by atoms with Crippen molar-refractivity contribution in [3.05, 3.63) is 17.5 Å². The van der Waals surface area contributed by atoms with E-state index in [1.54, 1.807) is 6.20 Å². The number of esters is 1. The lowest BCUT2D eigenvalue weighted by molar-refractivity contribution is -0.000632. The largest absolute Gasteiger partial charge is 0.457 e. The Labute approximate surface area is 121 Å². The Morgan fingerprint density at radius 3 is 2.50 bits per heavy atom. The Hall–Kier alpha value is -1.76. The number of rotatable bonds is 4. The Kier molecular flexibility index (Phi) is 4.99. The molecule has 1 heterocycles. The van der Waals surface area contributed by atoms with Gasteiger partial charge >= 0.3 is 5.97 Å². The number of nitrogens with zero attached hydrogens (tertiary/aromatic N) is 2. The van der Waals surface area contributed by atoms with Crippen molar-refractivity contribution in [3.8, 4) is 12.3 Å². The number of hydrogen-bond acceptors (Lipinski definition) is 3. The van der Waals surface area contributed by atoms with Gasteiger partial charge in [-0.1, -0.05) is 20.8 Å². The lowest BCUT2D eigenvalue weighted by Gasteiger charge is -2.28. The molecular formula is C16H24N2O2. The number of ether oxygens (including phenoxy) is 1. The molecule has 0 bridgehead atoms. The van der Waals surface area contributed by atoms with E-state index in [9.17, 15) is 4.79 Å². The molecule has 0 aliphatic heterocycles. The van der Waals surface area contributed by atoms with E-state index in [-0.39, 0.29) is 23.5 Å². The van der Waals surface area contributed by atoms with Crippen LogP contribution >= 0.6 is 0 Å². The highest BCUT2D eigenvalue weighted by molar-refractivity contribution is 5.90. The van der Waals surface area contributed by atoms with Crippen LogP contribution in [0.5, 0.6) is 0 Å². The van der Waals surface area contributed by atoms with E-state index in [4.69, 9.17) is 11.2 Å². The Balaban J connectivity index is 2.93. The van der Waals surface area contributed by atoms with Crippen LogP contribution in [0.3, 0.4) is 0 Å². The summed E-state index contributed by atoms with van der Waals surface area (Å²) in [5.74, 6) is 2.21. The molecule has 0 aliphatic carbocycles. The van der Waals surface area contributed by atoms with E-state index in [1.807, 2.05) is 46.2 Å². The van der Waals surface area contributed by atoms with Gasteiger partial charge in [-0.3, -0.25) is 4.68 Å². The first-order valence-electron chi connectivity index (χ1n) is 6.87. The quantitative estimate of drug-likeness (QED) is 0.625. The van der Waals surface area contributed by atoms with E-state index in [2.05, 4.69) is 11.0 Å². The number of carbonyl (C=O) groups excluding carboxylic acids is 1. The van der Waals surface area contributed by atoms with Crippen molar-refractivity contribution >= 4 is 5.97 Å². The fraction of sp³-hybridized carbons (Fsp3) is 0.625. The number of hydrogen-bond donors (Lipinski definition) is 0. The average molecular weight is 276 g/mol. The van der Waals surface area contributed by atoms with Crippen LogP contribution in [0.1, 0.15) is 63.1 Å². The molecule has 1 atom stereocenters. The molecule has 4 heteroatoms. The predicted molar refractivity (Wildman–Crippen MR) is 79.5 cm³/mol. The first-order chi connectivity index (χ1) is 9.18. The van der Waals surface area contributed by atoms with E-state index in [1.165, 1.54) is 0 Å². The van der Waals surface area contributed by atoms with E-state index < -0.39 is 0 Å². The molecule has 0 saturated carbocycles. The summed E-state index contributed by atoms with van der Waals surface area (Å²) in [6.45, 7) is 11.9. The minimum Gasteiger partial charge on any atom is -0.457 e. The predicted octanol–water partition coefficient (Wildman–Crippen LogP) is 3.37. The second kappa shape index (κ2) is 6.13. The Bertz CT molecular complexity index is 516. The molecule has 0 radical (unpaired) electrons. The summed E-state index contributed by atoms with van der Waals surface area (Å²) in [5, 5.41) is 4.23. The van der Waals surface area contributed by atoms with Crippen molar-refractivity contribution in [2.75, 3.05) is 0 Å². The molecule has 0 amide bonds. The van der Waals surface area contributed by atoms with E-state index in [0.29, 0.717) is 12.0 Å². The van der Waals surface area contributed by atoms with Crippen molar-refractivity contribution in [3.63, 3.8) is 0 Å². The number of carbonyl (C=O) groups is 1. The molecule has 0 spiro atoms. The van der Waals surface area contributed by atoms with Crippen LogP contribution in [-0.4, -0.2) is 21.9 Å². The third-order valence-electron chi connectivity index (χ3n) is 3.27. The summed E-state index contributed by atoms with van der Waals surface area (Å²) in [5.41, 5.74) is 1.13. The lowest BCUT2D eigenvalue weighted by Crippen LogP contribution is -2.31. The average Bonchev–Trinajstić information content (AvgIpc) is 2.69. The van der Waals surface area contributed by atoms with Crippen molar-refractivity contribution < 1.29 is 9.53 Å². The van der Waals surface area contributed by atoms with E-state index >= 15 is 0 Å². The molecule has 0 saturated heterocycles. The molecule has 0 aromatic carbocycles. The van der Waals surface area contributed by atoms with E-state index in [0.717, 1.165) is 5.69 Å². The van der Waals surface area contributed by atoms with Crippen molar-refractivity contribution in [2.45, 2.75) is 60.1 Å². The standard InChI is InChI=1S/C16H24N2O2/c1-8-9-14(16(5,6)7)20-15(19)13-10-17-18(11(2)3)12(13)4/h1,10-11,14H,9H2,2-7H3/t14-/m0/s1. The SMILES string of the molecule is C#CC[C@H](OC(=O)c1cnn(C(C)C)c1C)C(C)(C)C. The normalized spacial score (nSPS) is 13.1. The fourth-order valence-corrected chi connectivity index (χ4v) is 1.97. The van der Waals surface area contributed by atoms with Crippen LogP contribution in [0.15, 0.2) is 6.20 Å². The third kappa shape index (κ3) is 3.63. The summed E-state index contributed by atoms with van der Waals surface area (Å²) in [6, 6.07) is 0.209. The first kappa shape index (κ1) is 16.3. The third-order valence-corrected chi connectivity index (χ3v) is 3.27. The minimum atomic E-state index is -0.357. The molecule has 1 aromatic heterocycles. The molecule has 110 valence electrons. The molecule has 0 unspecified atom stereocenters. The van der Waals surface area contributed by atoms with Gasteiger partial charge in [0, 0.05) is 12.5 Å². The van der Waals surface area contributed by atoms with Crippen molar-refractivity contribution in [1.82, 2.24) is 9.78 Å². The second-order valence-corrected chi connectivity index (χ2v) is 6.35. The molecular weight excluding hydrogens is 252 g/mol. The monoisotopic (exact) mass is 276 g/mol. The maximum absolute atomic E-state index is 12.3. The molecule has 0 aliphatic rings. The summed E-state index contributed by atoms with van der Waals surface area (Å²) in [4.78, 5) is 12.3.